The summed E-state index contributed by atoms with van der Waals surface area (Å²) < 4.78 is 26.5. The topological polar surface area (TPSA) is 157 Å². The van der Waals surface area contributed by atoms with Crippen molar-refractivity contribution in [2.45, 2.75) is 11.8 Å². The molecule has 26 heavy (non-hydrogen) atoms. The van der Waals surface area contributed by atoms with Crippen LogP contribution >= 0.6 is 0 Å². The summed E-state index contributed by atoms with van der Waals surface area (Å²) in [7, 11) is -4.06. The Morgan fingerprint density at radius 1 is 1.08 bits per heavy atom. The number of pyridine rings is 1. The third kappa shape index (κ3) is 2.14. The molecule has 10 nitrogen and oxygen atoms in total. The van der Waals surface area contributed by atoms with E-state index in [2.05, 4.69) is 20.3 Å². The number of hydrogen-bond donors (Lipinski definition) is 3. The van der Waals surface area contributed by atoms with Gasteiger partial charge in [-0.1, -0.05) is 17.7 Å². The van der Waals surface area contributed by atoms with Gasteiger partial charge in [0.15, 0.2) is 5.65 Å². The van der Waals surface area contributed by atoms with Gasteiger partial charge in [-0.15, -0.1) is 4.09 Å². The van der Waals surface area contributed by atoms with Gasteiger partial charge in [0.1, 0.15) is 5.52 Å². The smallest absolute Gasteiger partial charge is 0.289 e. The van der Waals surface area contributed by atoms with E-state index in [0.29, 0.717) is 4.09 Å². The molecule has 0 saturated carbocycles. The molecule has 0 aliphatic rings. The second-order valence-electron chi connectivity index (χ2n) is 5.70. The summed E-state index contributed by atoms with van der Waals surface area (Å²) in [6.45, 7) is 1.83. The first-order valence-corrected chi connectivity index (χ1v) is 8.85. The van der Waals surface area contributed by atoms with Crippen molar-refractivity contribution >= 4 is 37.6 Å². The van der Waals surface area contributed by atoms with Crippen LogP contribution in [-0.4, -0.2) is 32.8 Å². The number of rotatable bonds is 2. The standard InChI is InChI=1S/C15H12N6O4S/c1-7-2-4-8(5-3-7)26(24,25)21-13-9(6-17-21)11(16)10-12(18-13)15(23)20-19-14(10)22/h2-6H,1H3,(H2,16,18)(H,19,22)(H,20,23). The Morgan fingerprint density at radius 3 is 2.42 bits per heavy atom. The lowest BCUT2D eigenvalue weighted by Gasteiger charge is -2.07. The van der Waals surface area contributed by atoms with Gasteiger partial charge in [0.25, 0.3) is 21.1 Å². The van der Waals surface area contributed by atoms with Gasteiger partial charge >= 0.3 is 0 Å². The maximum Gasteiger partial charge on any atom is 0.289 e. The Hall–Kier alpha value is -3.47. The van der Waals surface area contributed by atoms with E-state index in [0.717, 1.165) is 5.56 Å². The maximum atomic E-state index is 12.9. The number of nitrogen functional groups attached to an aromatic ring is 1. The Labute approximate surface area is 145 Å². The number of anilines is 1. The number of H-pyrrole nitrogens is 2. The van der Waals surface area contributed by atoms with E-state index in [1.54, 1.807) is 12.1 Å². The second kappa shape index (κ2) is 5.26. The van der Waals surface area contributed by atoms with Crippen molar-refractivity contribution in [3.8, 4) is 0 Å². The molecule has 1 aromatic carbocycles. The van der Waals surface area contributed by atoms with Crippen LogP contribution in [0.3, 0.4) is 0 Å². The molecule has 4 aromatic rings. The van der Waals surface area contributed by atoms with Crippen molar-refractivity contribution in [3.05, 3.63) is 56.7 Å². The zero-order valence-corrected chi connectivity index (χ0v) is 14.2. The van der Waals surface area contributed by atoms with Crippen LogP contribution in [0.2, 0.25) is 0 Å². The number of benzene rings is 1. The fraction of sp³-hybridized carbons (Fsp3) is 0.0667. The average molecular weight is 372 g/mol. The molecular weight excluding hydrogens is 360 g/mol. The highest BCUT2D eigenvalue weighted by Crippen LogP contribution is 2.26. The van der Waals surface area contributed by atoms with Crippen molar-refractivity contribution in [1.29, 1.82) is 0 Å². The van der Waals surface area contributed by atoms with Gasteiger partial charge in [-0.05, 0) is 19.1 Å². The molecular formula is C15H12N6O4S. The summed E-state index contributed by atoms with van der Waals surface area (Å²) in [6.07, 6.45) is 1.20. The molecule has 4 N–H and O–H groups in total. The fourth-order valence-electron chi connectivity index (χ4n) is 2.66. The van der Waals surface area contributed by atoms with Gasteiger partial charge in [-0.2, -0.15) is 13.5 Å². The van der Waals surface area contributed by atoms with Crippen molar-refractivity contribution in [3.63, 3.8) is 0 Å². The van der Waals surface area contributed by atoms with Crippen LogP contribution in [0.1, 0.15) is 5.56 Å². The molecule has 0 aliphatic heterocycles. The largest absolute Gasteiger partial charge is 0.397 e. The van der Waals surface area contributed by atoms with Gasteiger partial charge in [-0.25, -0.2) is 4.98 Å². The number of fused-ring (bicyclic) bond motifs is 2. The SMILES string of the molecule is Cc1ccc(S(=O)(=O)n2ncc3c(N)c4c(=O)[nH][nH]c(=O)c4nc32)cc1. The van der Waals surface area contributed by atoms with Crippen LogP contribution in [0.25, 0.3) is 21.9 Å². The number of aryl methyl sites for hydroxylation is 1. The number of nitrogens with one attached hydrogen (secondary N) is 2. The lowest BCUT2D eigenvalue weighted by molar-refractivity contribution is 0.582. The van der Waals surface area contributed by atoms with Crippen LogP contribution in [0.4, 0.5) is 5.69 Å². The van der Waals surface area contributed by atoms with E-state index >= 15 is 0 Å². The molecule has 0 spiro atoms. The molecule has 132 valence electrons. The van der Waals surface area contributed by atoms with Crippen LogP contribution in [0, 0.1) is 6.92 Å². The first kappa shape index (κ1) is 16.0. The monoisotopic (exact) mass is 372 g/mol. The predicted molar refractivity (Wildman–Crippen MR) is 94.5 cm³/mol. The van der Waals surface area contributed by atoms with Crippen LogP contribution in [-0.2, 0) is 10.0 Å². The van der Waals surface area contributed by atoms with Crippen molar-refractivity contribution in [1.82, 2.24) is 24.4 Å². The Kier molecular flexibility index (Phi) is 3.24. The Bertz CT molecular complexity index is 1400. The van der Waals surface area contributed by atoms with Crippen LogP contribution in [0.5, 0.6) is 0 Å². The van der Waals surface area contributed by atoms with Crippen molar-refractivity contribution in [2.24, 2.45) is 0 Å². The first-order chi connectivity index (χ1) is 12.3. The minimum Gasteiger partial charge on any atom is -0.397 e. The van der Waals surface area contributed by atoms with Gasteiger partial charge in [0, 0.05) is 0 Å². The minimum absolute atomic E-state index is 0.00777. The number of aromatic amines is 2. The first-order valence-electron chi connectivity index (χ1n) is 7.41. The third-order valence-corrected chi connectivity index (χ3v) is 5.60. The van der Waals surface area contributed by atoms with E-state index in [1.165, 1.54) is 18.3 Å². The average Bonchev–Trinajstić information content (AvgIpc) is 3.04. The van der Waals surface area contributed by atoms with Crippen molar-refractivity contribution in [2.75, 3.05) is 5.73 Å². The van der Waals surface area contributed by atoms with E-state index in [1.807, 2.05) is 6.92 Å². The van der Waals surface area contributed by atoms with Gasteiger partial charge in [-0.3, -0.25) is 19.8 Å². The highest BCUT2D eigenvalue weighted by molar-refractivity contribution is 7.90. The lowest BCUT2D eigenvalue weighted by atomic mass is 10.2. The zero-order chi connectivity index (χ0) is 18.6. The van der Waals surface area contributed by atoms with E-state index < -0.39 is 21.1 Å². The molecule has 0 atom stereocenters. The third-order valence-electron chi connectivity index (χ3n) is 4.01. The molecule has 0 fully saturated rings. The molecule has 4 rings (SSSR count). The second-order valence-corrected chi connectivity index (χ2v) is 7.47. The number of hydrogen-bond acceptors (Lipinski definition) is 7. The Balaban J connectivity index is 2.10. The summed E-state index contributed by atoms with van der Waals surface area (Å²) in [5, 5.41) is 8.20. The molecule has 0 radical (unpaired) electrons. The highest BCUT2D eigenvalue weighted by Gasteiger charge is 2.24. The molecule has 0 unspecified atom stereocenters. The summed E-state index contributed by atoms with van der Waals surface area (Å²) >= 11 is 0. The molecule has 0 bridgehead atoms. The van der Waals surface area contributed by atoms with E-state index in [9.17, 15) is 18.0 Å². The summed E-state index contributed by atoms with van der Waals surface area (Å²) in [6, 6.07) is 6.19. The summed E-state index contributed by atoms with van der Waals surface area (Å²) in [4.78, 5) is 28.0. The van der Waals surface area contributed by atoms with Gasteiger partial charge < -0.3 is 5.73 Å². The molecule has 0 aliphatic carbocycles. The fourth-order valence-corrected chi connectivity index (χ4v) is 3.88. The van der Waals surface area contributed by atoms with Gasteiger partial charge in [0.05, 0.1) is 27.6 Å². The Morgan fingerprint density at radius 2 is 1.73 bits per heavy atom. The molecule has 0 saturated heterocycles. The summed E-state index contributed by atoms with van der Waals surface area (Å²) in [5.41, 5.74) is 5.07. The molecule has 3 heterocycles. The molecule has 0 amide bonds. The van der Waals surface area contributed by atoms with E-state index in [4.69, 9.17) is 5.73 Å². The molecule has 3 aromatic heterocycles. The number of nitrogens with zero attached hydrogens (tertiary/aromatic N) is 3. The van der Waals surface area contributed by atoms with Crippen LogP contribution in [0.15, 0.2) is 44.9 Å². The predicted octanol–water partition coefficient (Wildman–Crippen LogP) is 0.0887. The number of aromatic nitrogens is 5. The lowest BCUT2D eigenvalue weighted by Crippen LogP contribution is -2.22. The maximum absolute atomic E-state index is 12.9. The number of nitrogens with two attached hydrogens (primary N) is 1. The molecule has 11 heteroatoms. The minimum atomic E-state index is -4.06. The highest BCUT2D eigenvalue weighted by atomic mass is 32.2. The van der Waals surface area contributed by atoms with Gasteiger partial charge in [0.2, 0.25) is 0 Å². The van der Waals surface area contributed by atoms with E-state index in [-0.39, 0.29) is 32.5 Å². The van der Waals surface area contributed by atoms with Crippen molar-refractivity contribution < 1.29 is 8.42 Å². The quantitative estimate of drug-likeness (QED) is 0.450. The van der Waals surface area contributed by atoms with Crippen LogP contribution < -0.4 is 16.9 Å². The summed E-state index contributed by atoms with van der Waals surface area (Å²) in [5.74, 6) is 0. The normalized spacial score (nSPS) is 12.0. The zero-order valence-electron chi connectivity index (χ0n) is 13.3.